The molecule has 1 aliphatic rings. The quantitative estimate of drug-likeness (QED) is 0.757. The molecule has 0 aromatic rings. The number of aliphatic hydroxyl groups is 1. The highest BCUT2D eigenvalue weighted by Crippen LogP contribution is 2.38. The fraction of sp³-hybridized carbons (Fsp3) is 0.857. The van der Waals surface area contributed by atoms with Crippen molar-refractivity contribution in [3.8, 4) is 0 Å². The Morgan fingerprint density at radius 1 is 1.37 bits per heavy atom. The van der Waals surface area contributed by atoms with Gasteiger partial charge in [0.1, 0.15) is 0 Å². The molecule has 0 atom stereocenters. The number of thiocarbonyl (C=S) groups is 1. The summed E-state index contributed by atoms with van der Waals surface area (Å²) in [5.41, 5.74) is 4.29. The molecular formula is C14H26N2O2S. The van der Waals surface area contributed by atoms with Crippen molar-refractivity contribution >= 4 is 23.1 Å². The maximum absolute atomic E-state index is 12.8. The molecule has 0 bridgehead atoms. The minimum atomic E-state index is -0.905. The third-order valence-electron chi connectivity index (χ3n) is 3.83. The van der Waals surface area contributed by atoms with Gasteiger partial charge in [0.05, 0.1) is 16.0 Å². The lowest BCUT2D eigenvalue weighted by Crippen LogP contribution is -2.54. The van der Waals surface area contributed by atoms with Crippen LogP contribution >= 0.6 is 12.2 Å². The predicted molar refractivity (Wildman–Crippen MR) is 80.9 cm³/mol. The number of nitrogens with zero attached hydrogens (tertiary/aromatic N) is 1. The summed E-state index contributed by atoms with van der Waals surface area (Å²) in [5.74, 6) is -0.00988. The maximum atomic E-state index is 12.8. The van der Waals surface area contributed by atoms with Crippen LogP contribution in [0.2, 0.25) is 0 Å². The summed E-state index contributed by atoms with van der Waals surface area (Å²) in [6.07, 6.45) is 4.59. The maximum Gasteiger partial charge on any atom is 0.235 e. The number of likely N-dealkylation sites (N-methyl/N-ethyl adjacent to an activating group) is 1. The lowest BCUT2D eigenvalue weighted by Gasteiger charge is -2.40. The number of carbonyl (C=O) groups excluding carboxylic acids is 1. The Bertz CT molecular complexity index is 344. The second-order valence-electron chi connectivity index (χ2n) is 6.14. The molecule has 1 fully saturated rings. The molecule has 0 aromatic heterocycles. The molecule has 5 heteroatoms. The average Bonchev–Trinajstić information content (AvgIpc) is 2.34. The molecule has 4 nitrogen and oxygen atoms in total. The second kappa shape index (κ2) is 6.18. The number of carbonyl (C=O) groups is 1. The van der Waals surface area contributed by atoms with E-state index in [0.29, 0.717) is 18.1 Å². The van der Waals surface area contributed by atoms with E-state index in [4.69, 9.17) is 18.0 Å². The van der Waals surface area contributed by atoms with E-state index in [9.17, 15) is 9.90 Å². The van der Waals surface area contributed by atoms with Gasteiger partial charge in [-0.15, -0.1) is 0 Å². The summed E-state index contributed by atoms with van der Waals surface area (Å²) in [5, 5.41) is 9.93. The van der Waals surface area contributed by atoms with E-state index in [1.807, 2.05) is 6.92 Å². The lowest BCUT2D eigenvalue weighted by atomic mass is 9.72. The van der Waals surface area contributed by atoms with Crippen molar-refractivity contribution in [1.29, 1.82) is 0 Å². The smallest absolute Gasteiger partial charge is 0.235 e. The van der Waals surface area contributed by atoms with Crippen LogP contribution in [0.4, 0.5) is 0 Å². The molecule has 0 unspecified atom stereocenters. The summed E-state index contributed by atoms with van der Waals surface area (Å²) in [6.45, 7) is 6.20. The molecule has 0 saturated heterocycles. The molecular weight excluding hydrogens is 260 g/mol. The minimum Gasteiger partial charge on any atom is -0.392 e. The first kappa shape index (κ1) is 16.4. The van der Waals surface area contributed by atoms with Gasteiger partial charge in [-0.3, -0.25) is 4.79 Å². The summed E-state index contributed by atoms with van der Waals surface area (Å²) in [7, 11) is 0. The normalized spacial score (nSPS) is 18.9. The van der Waals surface area contributed by atoms with Gasteiger partial charge in [0.25, 0.3) is 0 Å². The van der Waals surface area contributed by atoms with E-state index in [0.717, 1.165) is 32.1 Å². The highest BCUT2D eigenvalue weighted by atomic mass is 32.1. The van der Waals surface area contributed by atoms with E-state index in [-0.39, 0.29) is 5.91 Å². The zero-order chi connectivity index (χ0) is 14.7. The summed E-state index contributed by atoms with van der Waals surface area (Å²) in [6, 6.07) is 0. The van der Waals surface area contributed by atoms with Crippen LogP contribution in [0, 0.1) is 5.41 Å². The highest BCUT2D eigenvalue weighted by Gasteiger charge is 2.45. The van der Waals surface area contributed by atoms with Crippen LogP contribution in [0.1, 0.15) is 52.9 Å². The molecule has 1 aliphatic carbocycles. The number of nitrogens with two attached hydrogens (primary N) is 1. The van der Waals surface area contributed by atoms with Gasteiger partial charge in [0.2, 0.25) is 5.91 Å². The van der Waals surface area contributed by atoms with Crippen molar-refractivity contribution in [2.75, 3.05) is 13.1 Å². The Hall–Kier alpha value is -0.680. The molecule has 0 aliphatic heterocycles. The van der Waals surface area contributed by atoms with Gasteiger partial charge in [0.15, 0.2) is 0 Å². The summed E-state index contributed by atoms with van der Waals surface area (Å²) >= 11 is 5.18. The Balaban J connectivity index is 2.95. The average molecular weight is 286 g/mol. The van der Waals surface area contributed by atoms with Crippen molar-refractivity contribution in [2.24, 2.45) is 11.1 Å². The number of amides is 1. The van der Waals surface area contributed by atoms with Gasteiger partial charge in [0, 0.05) is 13.1 Å². The molecule has 0 heterocycles. The van der Waals surface area contributed by atoms with Crippen LogP contribution < -0.4 is 5.73 Å². The van der Waals surface area contributed by atoms with E-state index in [1.54, 1.807) is 18.7 Å². The summed E-state index contributed by atoms with van der Waals surface area (Å²) < 4.78 is 0. The van der Waals surface area contributed by atoms with Crippen molar-refractivity contribution < 1.29 is 9.90 Å². The Morgan fingerprint density at radius 3 is 2.26 bits per heavy atom. The molecule has 3 N–H and O–H groups in total. The molecule has 0 spiro atoms. The molecule has 19 heavy (non-hydrogen) atoms. The van der Waals surface area contributed by atoms with Crippen molar-refractivity contribution in [2.45, 2.75) is 58.5 Å². The van der Waals surface area contributed by atoms with Gasteiger partial charge in [-0.2, -0.15) is 0 Å². The zero-order valence-electron chi connectivity index (χ0n) is 12.2. The SMILES string of the molecule is CCN(CC(C)(C)O)C(=O)C1(C(N)=S)CCCCC1. The largest absolute Gasteiger partial charge is 0.392 e. The number of hydrogen-bond donors (Lipinski definition) is 2. The van der Waals surface area contributed by atoms with E-state index < -0.39 is 11.0 Å². The lowest BCUT2D eigenvalue weighted by molar-refractivity contribution is -0.142. The standard InChI is InChI=1S/C14H26N2O2S/c1-4-16(10-13(2,3)18)12(17)14(11(15)19)8-6-5-7-9-14/h18H,4-10H2,1-3H3,(H2,15,19). The van der Waals surface area contributed by atoms with Crippen molar-refractivity contribution in [3.63, 3.8) is 0 Å². The van der Waals surface area contributed by atoms with E-state index >= 15 is 0 Å². The van der Waals surface area contributed by atoms with Crippen molar-refractivity contribution in [1.82, 2.24) is 4.90 Å². The van der Waals surface area contributed by atoms with Crippen LogP contribution in [0.25, 0.3) is 0 Å². The Labute approximate surface area is 121 Å². The molecule has 0 aromatic carbocycles. The van der Waals surface area contributed by atoms with Crippen molar-refractivity contribution in [3.05, 3.63) is 0 Å². The number of rotatable bonds is 5. The van der Waals surface area contributed by atoms with Gasteiger partial charge >= 0.3 is 0 Å². The highest BCUT2D eigenvalue weighted by molar-refractivity contribution is 7.80. The van der Waals surface area contributed by atoms with Crippen LogP contribution in [0.5, 0.6) is 0 Å². The Morgan fingerprint density at radius 2 is 1.89 bits per heavy atom. The fourth-order valence-corrected chi connectivity index (χ4v) is 3.11. The molecule has 0 radical (unpaired) electrons. The van der Waals surface area contributed by atoms with Crippen LogP contribution in [-0.2, 0) is 4.79 Å². The topological polar surface area (TPSA) is 66.6 Å². The first-order valence-electron chi connectivity index (χ1n) is 7.04. The second-order valence-corrected chi connectivity index (χ2v) is 6.58. The fourth-order valence-electron chi connectivity index (χ4n) is 2.82. The molecule has 1 rings (SSSR count). The molecule has 1 saturated carbocycles. The van der Waals surface area contributed by atoms with Gasteiger partial charge in [-0.05, 0) is 33.6 Å². The van der Waals surface area contributed by atoms with E-state index in [2.05, 4.69) is 0 Å². The molecule has 110 valence electrons. The molecule has 1 amide bonds. The van der Waals surface area contributed by atoms with E-state index in [1.165, 1.54) is 0 Å². The van der Waals surface area contributed by atoms with Crippen LogP contribution in [0.15, 0.2) is 0 Å². The van der Waals surface area contributed by atoms with Gasteiger partial charge in [-0.1, -0.05) is 31.5 Å². The van der Waals surface area contributed by atoms with Gasteiger partial charge < -0.3 is 15.7 Å². The van der Waals surface area contributed by atoms with Crippen LogP contribution in [0.3, 0.4) is 0 Å². The third kappa shape index (κ3) is 3.89. The zero-order valence-corrected chi connectivity index (χ0v) is 13.1. The third-order valence-corrected chi connectivity index (χ3v) is 4.23. The first-order valence-corrected chi connectivity index (χ1v) is 7.45. The monoisotopic (exact) mass is 286 g/mol. The van der Waals surface area contributed by atoms with Gasteiger partial charge in [-0.25, -0.2) is 0 Å². The summed E-state index contributed by atoms with van der Waals surface area (Å²) in [4.78, 5) is 14.8. The first-order chi connectivity index (χ1) is 8.73. The Kier molecular flexibility index (Phi) is 5.33. The van der Waals surface area contributed by atoms with Crippen LogP contribution in [-0.4, -0.2) is 39.6 Å². The predicted octanol–water partition coefficient (Wildman–Crippen LogP) is 1.84. The number of hydrogen-bond acceptors (Lipinski definition) is 3. The minimum absolute atomic E-state index is 0.00988.